The molecule has 0 saturated carbocycles. The number of pyridine rings is 2. The van der Waals surface area contributed by atoms with Crippen molar-refractivity contribution in [3.8, 4) is 11.5 Å². The van der Waals surface area contributed by atoms with Crippen LogP contribution in [0.1, 0.15) is 17.3 Å². The Morgan fingerprint density at radius 1 is 1.19 bits per heavy atom. The summed E-state index contributed by atoms with van der Waals surface area (Å²) in [7, 11) is 3.03. The van der Waals surface area contributed by atoms with Gasteiger partial charge in [-0.1, -0.05) is 0 Å². The molecule has 7 heteroatoms. The van der Waals surface area contributed by atoms with Gasteiger partial charge in [-0.15, -0.1) is 0 Å². The fraction of sp³-hybridized carbons (Fsp3) is 0.211. The maximum Gasteiger partial charge on any atom is 0.265 e. The second kappa shape index (κ2) is 7.26. The maximum atomic E-state index is 12.8. The first-order chi connectivity index (χ1) is 12.6. The number of carbonyl (C=O) groups is 1. The molecule has 2 aromatic heterocycles. The first kappa shape index (κ1) is 17.5. The van der Waals surface area contributed by atoms with Crippen LogP contribution >= 0.6 is 0 Å². The first-order valence-corrected chi connectivity index (χ1v) is 8.11. The summed E-state index contributed by atoms with van der Waals surface area (Å²) in [5.41, 5.74) is 0.622. The van der Waals surface area contributed by atoms with Gasteiger partial charge in [0.25, 0.3) is 11.5 Å². The van der Waals surface area contributed by atoms with Crippen molar-refractivity contribution in [1.29, 1.82) is 0 Å². The molecule has 0 unspecified atom stereocenters. The summed E-state index contributed by atoms with van der Waals surface area (Å²) in [6.07, 6.45) is 1.62. The number of aryl methyl sites for hydroxylation is 1. The molecule has 1 N–H and O–H groups in total. The van der Waals surface area contributed by atoms with Crippen molar-refractivity contribution in [2.24, 2.45) is 0 Å². The molecular weight excluding hydrogens is 334 g/mol. The number of carbonyl (C=O) groups excluding carboxylic acids is 1. The number of hydrogen-bond donors (Lipinski definition) is 1. The zero-order valence-electron chi connectivity index (χ0n) is 14.8. The number of fused-ring (bicyclic) bond motifs is 1. The zero-order valence-corrected chi connectivity index (χ0v) is 14.8. The predicted octanol–water partition coefficient (Wildman–Crippen LogP) is 2.69. The standard InChI is InChI=1S/C19H19N3O4/c1-4-22-17-12(6-5-9-20-17)10-14(19(22)24)18(23)21-15-11-13(25-2)7-8-16(15)26-3/h5-11H,4H2,1-3H3,(H,21,23). The third-order valence-corrected chi connectivity index (χ3v) is 4.06. The molecule has 2 heterocycles. The summed E-state index contributed by atoms with van der Waals surface area (Å²) < 4.78 is 11.9. The first-order valence-electron chi connectivity index (χ1n) is 8.11. The molecule has 0 aliphatic carbocycles. The van der Waals surface area contributed by atoms with Gasteiger partial charge in [-0.3, -0.25) is 14.2 Å². The van der Waals surface area contributed by atoms with Gasteiger partial charge in [-0.05, 0) is 37.3 Å². The van der Waals surface area contributed by atoms with Crippen molar-refractivity contribution in [2.75, 3.05) is 19.5 Å². The Kier molecular flexibility index (Phi) is 4.88. The summed E-state index contributed by atoms with van der Waals surface area (Å²) in [5.74, 6) is 0.515. The maximum absolute atomic E-state index is 12.8. The third-order valence-electron chi connectivity index (χ3n) is 4.06. The molecule has 0 atom stereocenters. The molecule has 134 valence electrons. The molecule has 1 aromatic carbocycles. The predicted molar refractivity (Wildman–Crippen MR) is 99.2 cm³/mol. The highest BCUT2D eigenvalue weighted by molar-refractivity contribution is 6.06. The normalized spacial score (nSPS) is 10.6. The molecular formula is C19H19N3O4. The van der Waals surface area contributed by atoms with E-state index >= 15 is 0 Å². The van der Waals surface area contributed by atoms with Gasteiger partial charge in [-0.25, -0.2) is 4.98 Å². The number of nitrogens with zero attached hydrogens (tertiary/aromatic N) is 2. The number of nitrogens with one attached hydrogen (secondary N) is 1. The molecule has 0 saturated heterocycles. The molecule has 26 heavy (non-hydrogen) atoms. The van der Waals surface area contributed by atoms with Crippen LogP contribution in [-0.2, 0) is 6.54 Å². The van der Waals surface area contributed by atoms with Crippen LogP contribution in [0.2, 0.25) is 0 Å². The number of methoxy groups -OCH3 is 2. The van der Waals surface area contributed by atoms with E-state index in [1.165, 1.54) is 18.8 Å². The number of aromatic nitrogens is 2. The Labute approximate surface area is 150 Å². The highest BCUT2D eigenvalue weighted by Gasteiger charge is 2.17. The molecule has 3 aromatic rings. The molecule has 7 nitrogen and oxygen atoms in total. The van der Waals surface area contributed by atoms with Crippen LogP contribution in [0.4, 0.5) is 5.69 Å². The minimum atomic E-state index is -0.519. The van der Waals surface area contributed by atoms with Gasteiger partial charge in [0.15, 0.2) is 0 Å². The Bertz CT molecular complexity index is 1030. The Hall–Kier alpha value is -3.35. The van der Waals surface area contributed by atoms with Gasteiger partial charge in [0, 0.05) is 24.2 Å². The molecule has 0 fully saturated rings. The second-order valence-corrected chi connectivity index (χ2v) is 5.54. The molecule has 1 amide bonds. The summed E-state index contributed by atoms with van der Waals surface area (Å²) in [6.45, 7) is 2.25. The van der Waals surface area contributed by atoms with Gasteiger partial charge >= 0.3 is 0 Å². The Morgan fingerprint density at radius 3 is 2.69 bits per heavy atom. The van der Waals surface area contributed by atoms with E-state index in [1.54, 1.807) is 36.5 Å². The molecule has 3 rings (SSSR count). The summed E-state index contributed by atoms with van der Waals surface area (Å²) >= 11 is 0. The number of anilines is 1. The van der Waals surface area contributed by atoms with Gasteiger partial charge in [0.1, 0.15) is 22.7 Å². The smallest absolute Gasteiger partial charge is 0.265 e. The van der Waals surface area contributed by atoms with E-state index < -0.39 is 11.5 Å². The van der Waals surface area contributed by atoms with Crippen molar-refractivity contribution < 1.29 is 14.3 Å². The lowest BCUT2D eigenvalue weighted by Crippen LogP contribution is -2.29. The van der Waals surface area contributed by atoms with Crippen molar-refractivity contribution in [2.45, 2.75) is 13.5 Å². The summed E-state index contributed by atoms with van der Waals surface area (Å²) in [4.78, 5) is 29.7. The van der Waals surface area contributed by atoms with Gasteiger partial charge in [0.2, 0.25) is 0 Å². The van der Waals surface area contributed by atoms with E-state index in [-0.39, 0.29) is 5.56 Å². The van der Waals surface area contributed by atoms with E-state index in [2.05, 4.69) is 10.3 Å². The van der Waals surface area contributed by atoms with Crippen LogP contribution in [0, 0.1) is 0 Å². The Balaban J connectivity index is 2.06. The lowest BCUT2D eigenvalue weighted by atomic mass is 10.1. The molecule has 0 radical (unpaired) electrons. The van der Waals surface area contributed by atoms with Crippen LogP contribution < -0.4 is 20.3 Å². The largest absolute Gasteiger partial charge is 0.497 e. The lowest BCUT2D eigenvalue weighted by Gasteiger charge is -2.13. The SMILES string of the molecule is CCn1c(=O)c(C(=O)Nc2cc(OC)ccc2OC)cc2cccnc21. The molecule has 0 spiro atoms. The van der Waals surface area contributed by atoms with Gasteiger partial charge in [0.05, 0.1) is 19.9 Å². The minimum Gasteiger partial charge on any atom is -0.497 e. The topological polar surface area (TPSA) is 82.5 Å². The Morgan fingerprint density at radius 2 is 2.00 bits per heavy atom. The summed E-state index contributed by atoms with van der Waals surface area (Å²) in [5, 5.41) is 3.45. The number of hydrogen-bond acceptors (Lipinski definition) is 5. The van der Waals surface area contributed by atoms with Crippen LogP contribution in [-0.4, -0.2) is 29.7 Å². The van der Waals surface area contributed by atoms with Crippen LogP contribution in [0.3, 0.4) is 0 Å². The fourth-order valence-electron chi connectivity index (χ4n) is 2.76. The van der Waals surface area contributed by atoms with Crippen molar-refractivity contribution >= 4 is 22.6 Å². The summed E-state index contributed by atoms with van der Waals surface area (Å²) in [6, 6.07) is 10.2. The van der Waals surface area contributed by atoms with Gasteiger partial charge in [-0.2, -0.15) is 0 Å². The highest BCUT2D eigenvalue weighted by Crippen LogP contribution is 2.29. The lowest BCUT2D eigenvalue weighted by molar-refractivity contribution is 0.102. The van der Waals surface area contributed by atoms with E-state index in [0.29, 0.717) is 29.4 Å². The second-order valence-electron chi connectivity index (χ2n) is 5.54. The van der Waals surface area contributed by atoms with Crippen LogP contribution in [0.25, 0.3) is 11.0 Å². The zero-order chi connectivity index (χ0) is 18.7. The van der Waals surface area contributed by atoms with E-state index in [4.69, 9.17) is 9.47 Å². The highest BCUT2D eigenvalue weighted by atomic mass is 16.5. The van der Waals surface area contributed by atoms with Crippen molar-refractivity contribution in [3.63, 3.8) is 0 Å². The van der Waals surface area contributed by atoms with Crippen molar-refractivity contribution in [3.05, 3.63) is 58.5 Å². The van der Waals surface area contributed by atoms with Crippen LogP contribution in [0.5, 0.6) is 11.5 Å². The van der Waals surface area contributed by atoms with E-state index in [1.807, 2.05) is 13.0 Å². The van der Waals surface area contributed by atoms with E-state index in [0.717, 1.165) is 5.39 Å². The quantitative estimate of drug-likeness (QED) is 0.762. The van der Waals surface area contributed by atoms with Crippen molar-refractivity contribution in [1.82, 2.24) is 9.55 Å². The minimum absolute atomic E-state index is 0.0391. The third kappa shape index (κ3) is 3.11. The number of amides is 1. The average Bonchev–Trinajstić information content (AvgIpc) is 2.67. The van der Waals surface area contributed by atoms with E-state index in [9.17, 15) is 9.59 Å². The molecule has 0 bridgehead atoms. The number of rotatable bonds is 5. The van der Waals surface area contributed by atoms with Crippen LogP contribution in [0.15, 0.2) is 47.4 Å². The monoisotopic (exact) mass is 353 g/mol. The fourth-order valence-corrected chi connectivity index (χ4v) is 2.76. The number of ether oxygens (including phenoxy) is 2. The van der Waals surface area contributed by atoms with Gasteiger partial charge < -0.3 is 14.8 Å². The average molecular weight is 353 g/mol. The molecule has 0 aliphatic heterocycles. The molecule has 0 aliphatic rings. The number of benzene rings is 1.